The van der Waals surface area contributed by atoms with Crippen LogP contribution < -0.4 is 0 Å². The van der Waals surface area contributed by atoms with Gasteiger partial charge in [-0.2, -0.15) is 0 Å². The molecule has 0 aliphatic rings. The van der Waals surface area contributed by atoms with Crippen molar-refractivity contribution in [1.82, 2.24) is 0 Å². The molecule has 0 N–H and O–H groups in total. The van der Waals surface area contributed by atoms with Crippen molar-refractivity contribution >= 4 is 0 Å². The fourth-order valence-electron chi connectivity index (χ4n) is 1.14. The molecule has 1 rings (SSSR count). The van der Waals surface area contributed by atoms with Gasteiger partial charge in [-0.15, -0.1) is 0 Å². The molecule has 0 fully saturated rings. The van der Waals surface area contributed by atoms with E-state index in [1.807, 2.05) is 20.8 Å². The molecule has 0 saturated heterocycles. The van der Waals surface area contributed by atoms with Crippen molar-refractivity contribution in [3.63, 3.8) is 0 Å². The summed E-state index contributed by atoms with van der Waals surface area (Å²) in [7, 11) is 0. The van der Waals surface area contributed by atoms with Crippen molar-refractivity contribution in [3.8, 4) is 0 Å². The van der Waals surface area contributed by atoms with E-state index in [9.17, 15) is 0 Å². The molecule has 0 bridgehead atoms. The lowest BCUT2D eigenvalue weighted by Crippen LogP contribution is -2.10. The predicted molar refractivity (Wildman–Crippen MR) is 59.2 cm³/mol. The molecule has 0 amide bonds. The van der Waals surface area contributed by atoms with Crippen molar-refractivity contribution in [2.45, 2.75) is 45.8 Å². The average molecular weight is 183 g/mol. The molecule has 13 heavy (non-hydrogen) atoms. The monoisotopic (exact) mass is 183 g/mol. The maximum absolute atomic E-state index is 8.07. The highest BCUT2D eigenvalue weighted by Gasteiger charge is 2.12. The van der Waals surface area contributed by atoms with Gasteiger partial charge in [0.2, 0.25) is 0 Å². The maximum Gasteiger partial charge on any atom is 0.0347 e. The lowest BCUT2D eigenvalue weighted by atomic mass is 9.86. The molecule has 0 saturated carbocycles. The lowest BCUT2D eigenvalue weighted by molar-refractivity contribution is 0.589. The van der Waals surface area contributed by atoms with Crippen molar-refractivity contribution in [2.75, 3.05) is 0 Å². The highest BCUT2D eigenvalue weighted by atomic mass is 14.2. The van der Waals surface area contributed by atoms with E-state index in [1.165, 1.54) is 12.1 Å². The summed E-state index contributed by atoms with van der Waals surface area (Å²) in [6.07, 6.45) is 0. The SMILES string of the molecule is [2H]C([2H])([2H])C([2H])(c1ccc(C(C)(C)C)cc1)C([2H])([2H])[2H]. The van der Waals surface area contributed by atoms with E-state index in [4.69, 9.17) is 9.60 Å². The third-order valence-corrected chi connectivity index (χ3v) is 2.04. The summed E-state index contributed by atoms with van der Waals surface area (Å²) in [6.45, 7) is 0.152. The van der Waals surface area contributed by atoms with Gasteiger partial charge < -0.3 is 0 Å². The smallest absolute Gasteiger partial charge is 0.0347 e. The minimum Gasteiger partial charge on any atom is -0.0587 e. The molecule has 0 aliphatic carbocycles. The van der Waals surface area contributed by atoms with Gasteiger partial charge in [0.15, 0.2) is 0 Å². The molecule has 0 heteroatoms. The molecule has 0 spiro atoms. The second kappa shape index (κ2) is 3.53. The van der Waals surface area contributed by atoms with Crippen LogP contribution in [-0.2, 0) is 5.41 Å². The van der Waals surface area contributed by atoms with Crippen LogP contribution in [0.25, 0.3) is 0 Å². The molecule has 0 aromatic heterocycles. The Labute approximate surface area is 91.8 Å². The molecule has 72 valence electrons. The minimum atomic E-state index is -2.93. The number of benzene rings is 1. The topological polar surface area (TPSA) is 0 Å². The Hall–Kier alpha value is -0.780. The Morgan fingerprint density at radius 2 is 1.69 bits per heavy atom. The van der Waals surface area contributed by atoms with Gasteiger partial charge >= 0.3 is 0 Å². The molecule has 0 radical (unpaired) electrons. The van der Waals surface area contributed by atoms with E-state index in [-0.39, 0.29) is 11.0 Å². The molecule has 0 heterocycles. The van der Waals surface area contributed by atoms with Gasteiger partial charge in [-0.1, -0.05) is 58.7 Å². The zero-order valence-corrected chi connectivity index (χ0v) is 8.31. The first kappa shape index (κ1) is 4.16. The molecular weight excluding hydrogens is 156 g/mol. The average Bonchev–Trinajstić information content (AvgIpc) is 2.24. The van der Waals surface area contributed by atoms with Gasteiger partial charge in [-0.3, -0.25) is 0 Å². The normalized spacial score (nSPS) is 22.8. The minimum absolute atomic E-state index is 0.00880. The van der Waals surface area contributed by atoms with Crippen LogP contribution in [0.1, 0.15) is 61.1 Å². The summed E-state index contributed by atoms with van der Waals surface area (Å²) >= 11 is 0. The number of hydrogen-bond donors (Lipinski definition) is 0. The van der Waals surface area contributed by atoms with Crippen LogP contribution in [-0.4, -0.2) is 0 Å². The van der Waals surface area contributed by atoms with E-state index in [2.05, 4.69) is 0 Å². The quantitative estimate of drug-likeness (QED) is 0.614. The highest BCUT2D eigenvalue weighted by Crippen LogP contribution is 2.24. The summed E-state index contributed by atoms with van der Waals surface area (Å²) in [4.78, 5) is 0. The van der Waals surface area contributed by atoms with Crippen molar-refractivity contribution in [2.24, 2.45) is 0 Å². The summed E-state index contributed by atoms with van der Waals surface area (Å²) < 4.78 is 52.7. The summed E-state index contributed by atoms with van der Waals surface area (Å²) in [5.41, 5.74) is 0.827. The first-order valence-corrected chi connectivity index (χ1v) is 4.32. The molecule has 1 aromatic carbocycles. The number of rotatable bonds is 1. The van der Waals surface area contributed by atoms with Gasteiger partial charge in [-0.25, -0.2) is 0 Å². The van der Waals surface area contributed by atoms with Gasteiger partial charge in [0, 0.05) is 9.60 Å². The van der Waals surface area contributed by atoms with Crippen molar-refractivity contribution in [3.05, 3.63) is 35.4 Å². The molecule has 1 aromatic rings. The van der Waals surface area contributed by atoms with E-state index in [1.54, 1.807) is 12.1 Å². The second-order valence-electron chi connectivity index (χ2n) is 4.20. The maximum atomic E-state index is 8.07. The van der Waals surface area contributed by atoms with Crippen LogP contribution in [0.15, 0.2) is 24.3 Å². The Bertz CT molecular complexity index is 445. The lowest BCUT2D eigenvalue weighted by Gasteiger charge is -2.19. The Morgan fingerprint density at radius 3 is 2.08 bits per heavy atom. The first-order chi connectivity index (χ1) is 8.71. The standard InChI is InChI=1S/C13H20/c1-10(2)11-6-8-12(9-7-11)13(3,4)5/h6-10H,1-5H3/i1D3,2D3,10D. The Balaban J connectivity index is 3.39. The van der Waals surface area contributed by atoms with Crippen molar-refractivity contribution < 1.29 is 9.60 Å². The third-order valence-electron chi connectivity index (χ3n) is 2.04. The molecule has 0 unspecified atom stereocenters. The molecule has 0 nitrogen and oxygen atoms in total. The van der Waals surface area contributed by atoms with Crippen molar-refractivity contribution in [1.29, 1.82) is 0 Å². The Morgan fingerprint density at radius 1 is 1.15 bits per heavy atom. The van der Waals surface area contributed by atoms with Crippen LogP contribution in [0.4, 0.5) is 0 Å². The van der Waals surface area contributed by atoms with Crippen LogP contribution in [0.3, 0.4) is 0 Å². The fraction of sp³-hybridized carbons (Fsp3) is 0.538. The van der Waals surface area contributed by atoms with E-state index in [0.717, 1.165) is 5.56 Å². The van der Waals surface area contributed by atoms with Crippen LogP contribution in [0, 0.1) is 0 Å². The third kappa shape index (κ3) is 2.58. The van der Waals surface area contributed by atoms with Crippen LogP contribution >= 0.6 is 0 Å². The fourth-order valence-corrected chi connectivity index (χ4v) is 1.14. The van der Waals surface area contributed by atoms with Gasteiger partial charge in [0.25, 0.3) is 0 Å². The zero-order chi connectivity index (χ0) is 16.0. The highest BCUT2D eigenvalue weighted by molar-refractivity contribution is 5.28. The van der Waals surface area contributed by atoms with E-state index < -0.39 is 19.6 Å². The number of hydrogen-bond acceptors (Lipinski definition) is 0. The van der Waals surface area contributed by atoms with Crippen LogP contribution in [0.2, 0.25) is 0 Å². The molecule has 0 atom stereocenters. The Kier molecular flexibility index (Phi) is 1.13. The second-order valence-corrected chi connectivity index (χ2v) is 4.20. The summed E-state index contributed by atoms with van der Waals surface area (Å²) in [6, 6.07) is 6.25. The largest absolute Gasteiger partial charge is 0.0587 e. The predicted octanol–water partition coefficient (Wildman–Crippen LogP) is 4.11. The summed E-state index contributed by atoms with van der Waals surface area (Å²) in [5, 5.41) is 0. The van der Waals surface area contributed by atoms with Crippen LogP contribution in [0.5, 0.6) is 0 Å². The molecule has 0 aliphatic heterocycles. The molecular formula is C13H20. The van der Waals surface area contributed by atoms with Gasteiger partial charge in [0.1, 0.15) is 0 Å². The van der Waals surface area contributed by atoms with E-state index in [0.29, 0.717) is 0 Å². The van der Waals surface area contributed by atoms with Gasteiger partial charge in [-0.05, 0) is 22.4 Å². The van der Waals surface area contributed by atoms with E-state index >= 15 is 0 Å². The summed E-state index contributed by atoms with van der Waals surface area (Å²) in [5.74, 6) is -2.61. The zero-order valence-electron chi connectivity index (χ0n) is 15.3. The first-order valence-electron chi connectivity index (χ1n) is 7.82. The van der Waals surface area contributed by atoms with Gasteiger partial charge in [0.05, 0.1) is 0 Å².